The van der Waals surface area contributed by atoms with Crippen LogP contribution in [0.5, 0.6) is 5.75 Å². The first-order valence-electron chi connectivity index (χ1n) is 9.54. The predicted molar refractivity (Wildman–Crippen MR) is 118 cm³/mol. The summed E-state index contributed by atoms with van der Waals surface area (Å²) in [6.45, 7) is 1.93. The van der Waals surface area contributed by atoms with Crippen LogP contribution in [-0.4, -0.2) is 47.9 Å². The third-order valence-electron chi connectivity index (χ3n) is 4.49. The number of nitrogens with zero attached hydrogens (tertiary/aromatic N) is 6. The largest absolute Gasteiger partial charge is 0.494 e. The minimum Gasteiger partial charge on any atom is -0.494 e. The zero-order valence-electron chi connectivity index (χ0n) is 17.6. The number of benzene rings is 1. The lowest BCUT2D eigenvalue weighted by Gasteiger charge is -2.15. The maximum atomic E-state index is 11.8. The molecule has 0 amide bonds. The molecule has 0 saturated carbocycles. The van der Waals surface area contributed by atoms with Gasteiger partial charge in [-0.05, 0) is 36.8 Å². The molecule has 0 aliphatic carbocycles. The van der Waals surface area contributed by atoms with Crippen molar-refractivity contribution in [3.63, 3.8) is 0 Å². The molecule has 0 fully saturated rings. The van der Waals surface area contributed by atoms with Crippen LogP contribution < -0.4 is 15.4 Å². The summed E-state index contributed by atoms with van der Waals surface area (Å²) >= 11 is 0. The van der Waals surface area contributed by atoms with Crippen LogP contribution in [-0.2, 0) is 7.05 Å². The van der Waals surface area contributed by atoms with E-state index >= 15 is 0 Å². The minimum absolute atomic E-state index is 0.0899. The normalized spacial score (nSPS) is 10.6. The maximum absolute atomic E-state index is 11.8. The van der Waals surface area contributed by atoms with E-state index in [-0.39, 0.29) is 17.3 Å². The van der Waals surface area contributed by atoms with Crippen LogP contribution >= 0.6 is 0 Å². The van der Waals surface area contributed by atoms with Crippen molar-refractivity contribution < 1.29 is 14.6 Å². The van der Waals surface area contributed by atoms with Gasteiger partial charge in [0.05, 0.1) is 18.4 Å². The number of hydrogen-bond donors (Lipinski definition) is 3. The minimum atomic E-state index is -1.17. The lowest BCUT2D eigenvalue weighted by atomic mass is 10.1. The van der Waals surface area contributed by atoms with E-state index in [0.29, 0.717) is 28.6 Å². The van der Waals surface area contributed by atoms with Crippen molar-refractivity contribution in [3.8, 4) is 17.1 Å². The summed E-state index contributed by atoms with van der Waals surface area (Å²) < 4.78 is 7.17. The van der Waals surface area contributed by atoms with Gasteiger partial charge in [-0.2, -0.15) is 10.1 Å². The number of carbonyl (C=O) groups is 1. The van der Waals surface area contributed by atoms with Gasteiger partial charge in [0, 0.05) is 19.4 Å². The standard InChI is InChI=1S/C21H20N8O3/c1-12-7-8-22-16(9-12)26-21-23-10-14(20(30)31)19(27-21)25-15-6-4-5-13(17(15)32-3)18-24-11-29(2)28-18/h4-11H,1-3H3,(H,30,31)(H2,22,23,25,26,27). The van der Waals surface area contributed by atoms with Crippen molar-refractivity contribution in [2.75, 3.05) is 17.7 Å². The Morgan fingerprint density at radius 2 is 2.00 bits per heavy atom. The van der Waals surface area contributed by atoms with Crippen molar-refractivity contribution in [2.24, 2.45) is 7.05 Å². The fourth-order valence-corrected chi connectivity index (χ4v) is 3.03. The first-order valence-corrected chi connectivity index (χ1v) is 9.54. The highest BCUT2D eigenvalue weighted by Gasteiger charge is 2.19. The second-order valence-corrected chi connectivity index (χ2v) is 6.86. The molecule has 4 aromatic rings. The van der Waals surface area contributed by atoms with E-state index in [1.54, 1.807) is 36.4 Å². The number of nitrogens with one attached hydrogen (secondary N) is 2. The quantitative estimate of drug-likeness (QED) is 0.399. The van der Waals surface area contributed by atoms with Gasteiger partial charge in [-0.15, -0.1) is 0 Å². The highest BCUT2D eigenvalue weighted by atomic mass is 16.5. The number of anilines is 4. The van der Waals surface area contributed by atoms with E-state index < -0.39 is 5.97 Å². The fraction of sp³-hybridized carbons (Fsp3) is 0.143. The van der Waals surface area contributed by atoms with Crippen molar-refractivity contribution in [1.82, 2.24) is 29.7 Å². The Kier molecular flexibility index (Phi) is 5.62. The van der Waals surface area contributed by atoms with E-state index in [2.05, 4.69) is 35.7 Å². The van der Waals surface area contributed by atoms with E-state index in [1.165, 1.54) is 13.3 Å². The average molecular weight is 432 g/mol. The third kappa shape index (κ3) is 4.31. The lowest BCUT2D eigenvalue weighted by Crippen LogP contribution is -2.09. The van der Waals surface area contributed by atoms with Gasteiger partial charge in [0.15, 0.2) is 17.4 Å². The van der Waals surface area contributed by atoms with E-state index in [9.17, 15) is 9.90 Å². The van der Waals surface area contributed by atoms with Crippen LogP contribution in [0.2, 0.25) is 0 Å². The molecule has 0 radical (unpaired) electrons. The Morgan fingerprint density at radius 3 is 2.69 bits per heavy atom. The Labute approximate surface area is 183 Å². The Morgan fingerprint density at radius 1 is 1.16 bits per heavy atom. The zero-order chi connectivity index (χ0) is 22.7. The number of carboxylic acid groups (broad SMARTS) is 1. The molecule has 0 spiro atoms. The van der Waals surface area contributed by atoms with Gasteiger partial charge in [0.2, 0.25) is 5.95 Å². The molecule has 0 atom stereocenters. The zero-order valence-corrected chi connectivity index (χ0v) is 17.6. The lowest BCUT2D eigenvalue weighted by molar-refractivity contribution is 0.0697. The molecule has 3 N–H and O–H groups in total. The first-order chi connectivity index (χ1) is 15.4. The molecule has 3 heterocycles. The van der Waals surface area contributed by atoms with Gasteiger partial charge in [0.25, 0.3) is 0 Å². The third-order valence-corrected chi connectivity index (χ3v) is 4.49. The van der Waals surface area contributed by atoms with Gasteiger partial charge in [-0.1, -0.05) is 6.07 Å². The maximum Gasteiger partial charge on any atom is 0.341 e. The van der Waals surface area contributed by atoms with Crippen LogP contribution in [0.4, 0.5) is 23.3 Å². The molecule has 0 saturated heterocycles. The van der Waals surface area contributed by atoms with Crippen LogP contribution in [0.1, 0.15) is 15.9 Å². The van der Waals surface area contributed by atoms with E-state index in [0.717, 1.165) is 5.56 Å². The monoisotopic (exact) mass is 432 g/mol. The Bertz CT molecular complexity index is 1290. The molecule has 0 aliphatic rings. The first kappa shape index (κ1) is 20.7. The van der Waals surface area contributed by atoms with E-state index in [4.69, 9.17) is 4.74 Å². The summed E-state index contributed by atoms with van der Waals surface area (Å²) in [7, 11) is 3.28. The number of carboxylic acids is 1. The molecule has 0 aliphatic heterocycles. The summed E-state index contributed by atoms with van der Waals surface area (Å²) in [6.07, 6.45) is 4.47. The topological polar surface area (TPSA) is 140 Å². The van der Waals surface area contributed by atoms with Crippen molar-refractivity contribution >= 4 is 29.2 Å². The molecule has 3 aromatic heterocycles. The molecule has 11 nitrogen and oxygen atoms in total. The number of rotatable bonds is 7. The second-order valence-electron chi connectivity index (χ2n) is 6.86. The molecular formula is C21H20N8O3. The van der Waals surface area contributed by atoms with E-state index in [1.807, 2.05) is 25.1 Å². The molecular weight excluding hydrogens is 412 g/mol. The van der Waals surface area contributed by atoms with Crippen LogP contribution in [0.3, 0.4) is 0 Å². The smallest absolute Gasteiger partial charge is 0.341 e. The molecule has 11 heteroatoms. The van der Waals surface area contributed by atoms with Gasteiger partial charge < -0.3 is 20.5 Å². The average Bonchev–Trinajstić information content (AvgIpc) is 3.19. The number of aryl methyl sites for hydroxylation is 2. The SMILES string of the molecule is COc1c(Nc2nc(Nc3cc(C)ccn3)ncc2C(=O)O)cccc1-c1ncn(C)n1. The molecule has 1 aromatic carbocycles. The number of pyridine rings is 1. The molecule has 4 rings (SSSR count). The number of aromatic nitrogens is 6. The van der Waals surface area contributed by atoms with Gasteiger partial charge in [-0.25, -0.2) is 19.7 Å². The number of ether oxygens (including phenoxy) is 1. The van der Waals surface area contributed by atoms with Crippen LogP contribution in [0, 0.1) is 6.92 Å². The summed E-state index contributed by atoms with van der Waals surface area (Å²) in [5.41, 5.74) is 2.05. The van der Waals surface area contributed by atoms with Gasteiger partial charge >= 0.3 is 5.97 Å². The summed E-state index contributed by atoms with van der Waals surface area (Å²) in [5.74, 6) is 0.573. The Balaban J connectivity index is 1.72. The molecule has 32 heavy (non-hydrogen) atoms. The fourth-order valence-electron chi connectivity index (χ4n) is 3.03. The second kappa shape index (κ2) is 8.68. The molecule has 162 valence electrons. The summed E-state index contributed by atoms with van der Waals surface area (Å²) in [5, 5.41) is 20.0. The highest BCUT2D eigenvalue weighted by molar-refractivity contribution is 5.94. The summed E-state index contributed by atoms with van der Waals surface area (Å²) in [6, 6.07) is 9.03. The van der Waals surface area contributed by atoms with Crippen molar-refractivity contribution in [2.45, 2.75) is 6.92 Å². The van der Waals surface area contributed by atoms with Crippen molar-refractivity contribution in [1.29, 1.82) is 0 Å². The van der Waals surface area contributed by atoms with Gasteiger partial charge in [-0.3, -0.25) is 4.68 Å². The molecule has 0 unspecified atom stereocenters. The highest BCUT2D eigenvalue weighted by Crippen LogP contribution is 2.36. The number of methoxy groups -OCH3 is 1. The number of hydrogen-bond acceptors (Lipinski definition) is 9. The molecule has 0 bridgehead atoms. The summed E-state index contributed by atoms with van der Waals surface area (Å²) in [4.78, 5) is 28.7. The number of para-hydroxylation sites is 1. The van der Waals surface area contributed by atoms with Crippen LogP contribution in [0.15, 0.2) is 49.1 Å². The predicted octanol–water partition coefficient (Wildman–Crippen LogP) is 3.17. The Hall–Kier alpha value is -4.54. The van der Waals surface area contributed by atoms with Gasteiger partial charge in [0.1, 0.15) is 17.7 Å². The number of aromatic carboxylic acids is 1. The van der Waals surface area contributed by atoms with Crippen molar-refractivity contribution in [3.05, 3.63) is 60.2 Å². The van der Waals surface area contributed by atoms with Crippen LogP contribution in [0.25, 0.3) is 11.4 Å².